The average Bonchev–Trinajstić information content (AvgIpc) is 3.02. The van der Waals surface area contributed by atoms with E-state index in [-0.39, 0.29) is 11.7 Å². The number of hydrogen-bond donors (Lipinski definition) is 0. The van der Waals surface area contributed by atoms with Gasteiger partial charge in [0.2, 0.25) is 5.91 Å². The molecule has 0 N–H and O–H groups in total. The van der Waals surface area contributed by atoms with Crippen LogP contribution in [-0.2, 0) is 11.3 Å². The molecule has 1 aromatic heterocycles. The Labute approximate surface area is 149 Å². The molecule has 0 saturated heterocycles. The summed E-state index contributed by atoms with van der Waals surface area (Å²) in [5.74, 6) is -0.421. The van der Waals surface area contributed by atoms with Gasteiger partial charge < -0.3 is 9.64 Å². The van der Waals surface area contributed by atoms with E-state index in [0.29, 0.717) is 12.1 Å². The summed E-state index contributed by atoms with van der Waals surface area (Å²) in [7, 11) is 3.09. The fourth-order valence-electron chi connectivity index (χ4n) is 2.39. The van der Waals surface area contributed by atoms with Gasteiger partial charge in [-0.15, -0.1) is 11.3 Å². The maximum Gasteiger partial charge on any atom is 0.246 e. The van der Waals surface area contributed by atoms with Gasteiger partial charge in [0.15, 0.2) is 11.6 Å². The van der Waals surface area contributed by atoms with E-state index in [4.69, 9.17) is 4.74 Å². The second-order valence-electron chi connectivity index (χ2n) is 5.52. The second-order valence-corrected chi connectivity index (χ2v) is 6.58. The van der Waals surface area contributed by atoms with Crippen molar-refractivity contribution in [3.63, 3.8) is 0 Å². The number of rotatable bonds is 5. The Morgan fingerprint density at radius 2 is 2.12 bits per heavy atom. The highest BCUT2D eigenvalue weighted by molar-refractivity contribution is 7.19. The number of benzene rings is 2. The molecule has 6 heteroatoms. The Bertz CT molecular complexity index is 903. The van der Waals surface area contributed by atoms with E-state index in [1.165, 1.54) is 35.5 Å². The maximum absolute atomic E-state index is 13.7. The minimum absolute atomic E-state index is 0.171. The van der Waals surface area contributed by atoms with Crippen LogP contribution >= 0.6 is 11.3 Å². The lowest BCUT2D eigenvalue weighted by molar-refractivity contribution is -0.125. The first kappa shape index (κ1) is 17.1. The molecule has 128 valence electrons. The molecule has 25 heavy (non-hydrogen) atoms. The number of ether oxygens (including phenoxy) is 1. The van der Waals surface area contributed by atoms with Crippen molar-refractivity contribution in [1.29, 1.82) is 0 Å². The van der Waals surface area contributed by atoms with Gasteiger partial charge in [0, 0.05) is 19.7 Å². The van der Waals surface area contributed by atoms with E-state index in [2.05, 4.69) is 4.98 Å². The lowest BCUT2D eigenvalue weighted by Crippen LogP contribution is -2.24. The summed E-state index contributed by atoms with van der Waals surface area (Å²) in [6, 6.07) is 12.5. The summed E-state index contributed by atoms with van der Waals surface area (Å²) in [5.41, 5.74) is 1.61. The van der Waals surface area contributed by atoms with Gasteiger partial charge >= 0.3 is 0 Å². The van der Waals surface area contributed by atoms with E-state index < -0.39 is 5.82 Å². The molecule has 1 heterocycles. The van der Waals surface area contributed by atoms with Crippen LogP contribution in [0.4, 0.5) is 4.39 Å². The number of halogens is 1. The molecule has 0 saturated carbocycles. The van der Waals surface area contributed by atoms with Crippen LogP contribution in [0.25, 0.3) is 16.3 Å². The van der Waals surface area contributed by atoms with Crippen LogP contribution in [-0.4, -0.2) is 29.9 Å². The van der Waals surface area contributed by atoms with Crippen molar-refractivity contribution in [2.45, 2.75) is 6.54 Å². The summed E-state index contributed by atoms with van der Waals surface area (Å²) in [6.07, 6.45) is 3.19. The topological polar surface area (TPSA) is 42.4 Å². The van der Waals surface area contributed by atoms with E-state index in [1.807, 2.05) is 24.3 Å². The quantitative estimate of drug-likeness (QED) is 0.646. The number of carbonyl (C=O) groups excluding carboxylic acids is 1. The number of nitrogens with zero attached hydrogens (tertiary/aromatic N) is 2. The van der Waals surface area contributed by atoms with E-state index in [9.17, 15) is 9.18 Å². The molecule has 0 aliphatic carbocycles. The van der Waals surface area contributed by atoms with Gasteiger partial charge in [0.1, 0.15) is 5.01 Å². The number of hydrogen-bond acceptors (Lipinski definition) is 4. The maximum atomic E-state index is 13.7. The van der Waals surface area contributed by atoms with Gasteiger partial charge in [0.25, 0.3) is 0 Å². The van der Waals surface area contributed by atoms with Gasteiger partial charge in [-0.2, -0.15) is 0 Å². The molecule has 0 aliphatic rings. The van der Waals surface area contributed by atoms with E-state index in [0.717, 1.165) is 15.2 Å². The number of methoxy groups -OCH3 is 1. The smallest absolute Gasteiger partial charge is 0.246 e. The minimum Gasteiger partial charge on any atom is -0.494 e. The second kappa shape index (κ2) is 7.44. The van der Waals surface area contributed by atoms with Crippen molar-refractivity contribution >= 4 is 33.5 Å². The zero-order valence-corrected chi connectivity index (χ0v) is 14.7. The monoisotopic (exact) mass is 356 g/mol. The van der Waals surface area contributed by atoms with Crippen molar-refractivity contribution in [2.24, 2.45) is 0 Å². The van der Waals surface area contributed by atoms with Crippen molar-refractivity contribution in [2.75, 3.05) is 14.2 Å². The SMILES string of the molecule is COc1ccc(CN(C)C(=O)C=Cc2nc3ccccc3s2)cc1F. The molecule has 1 amide bonds. The van der Waals surface area contributed by atoms with Crippen LogP contribution in [0.1, 0.15) is 10.6 Å². The third kappa shape index (κ3) is 4.03. The van der Waals surface area contributed by atoms with Gasteiger partial charge in [0.05, 0.1) is 17.3 Å². The highest BCUT2D eigenvalue weighted by Crippen LogP contribution is 2.22. The first-order chi connectivity index (χ1) is 12.1. The first-order valence-corrected chi connectivity index (χ1v) is 8.49. The van der Waals surface area contributed by atoms with Crippen molar-refractivity contribution in [1.82, 2.24) is 9.88 Å². The summed E-state index contributed by atoms with van der Waals surface area (Å²) in [6.45, 7) is 0.309. The van der Waals surface area contributed by atoms with E-state index in [1.54, 1.807) is 25.3 Å². The molecule has 0 radical (unpaired) electrons. The van der Waals surface area contributed by atoms with Crippen LogP contribution in [0.5, 0.6) is 5.75 Å². The molecule has 0 bridgehead atoms. The molecule has 3 rings (SSSR count). The third-order valence-corrected chi connectivity index (χ3v) is 4.69. The Hall–Kier alpha value is -2.73. The van der Waals surface area contributed by atoms with Crippen molar-refractivity contribution in [3.05, 3.63) is 64.9 Å². The average molecular weight is 356 g/mol. The first-order valence-electron chi connectivity index (χ1n) is 7.68. The predicted molar refractivity (Wildman–Crippen MR) is 98.1 cm³/mol. The molecule has 2 aromatic carbocycles. The molecule has 0 spiro atoms. The van der Waals surface area contributed by atoms with Gasteiger partial charge in [-0.3, -0.25) is 4.79 Å². The van der Waals surface area contributed by atoms with Gasteiger partial charge in [-0.1, -0.05) is 18.2 Å². The molecular weight excluding hydrogens is 339 g/mol. The summed E-state index contributed by atoms with van der Waals surface area (Å²) in [4.78, 5) is 18.2. The molecule has 4 nitrogen and oxygen atoms in total. The number of amides is 1. The number of thiazole rings is 1. The molecule has 3 aromatic rings. The Morgan fingerprint density at radius 1 is 1.32 bits per heavy atom. The van der Waals surface area contributed by atoms with Gasteiger partial charge in [-0.05, 0) is 35.9 Å². The lowest BCUT2D eigenvalue weighted by atomic mass is 10.2. The van der Waals surface area contributed by atoms with Crippen LogP contribution < -0.4 is 4.74 Å². The Balaban J connectivity index is 1.66. The summed E-state index contributed by atoms with van der Waals surface area (Å²) < 4.78 is 19.7. The predicted octanol–water partition coefficient (Wildman–Crippen LogP) is 4.12. The highest BCUT2D eigenvalue weighted by Gasteiger charge is 2.09. The van der Waals surface area contributed by atoms with Crippen LogP contribution in [0.15, 0.2) is 48.5 Å². The number of carbonyl (C=O) groups is 1. The van der Waals surface area contributed by atoms with Crippen LogP contribution in [0.3, 0.4) is 0 Å². The fraction of sp³-hybridized carbons (Fsp3) is 0.158. The normalized spacial score (nSPS) is 11.2. The molecule has 0 fully saturated rings. The minimum atomic E-state index is -0.439. The lowest BCUT2D eigenvalue weighted by Gasteiger charge is -2.15. The Kier molecular flexibility index (Phi) is 5.09. The molecule has 0 aliphatic heterocycles. The number of para-hydroxylation sites is 1. The molecule has 0 unspecified atom stereocenters. The number of aromatic nitrogens is 1. The summed E-state index contributed by atoms with van der Waals surface area (Å²) in [5, 5.41) is 0.776. The molecular formula is C19H17FN2O2S. The standard InChI is InChI=1S/C19H17FN2O2S/c1-22(12-13-7-8-16(24-2)14(20)11-13)19(23)10-9-18-21-15-5-3-4-6-17(15)25-18/h3-11H,12H2,1-2H3. The summed E-state index contributed by atoms with van der Waals surface area (Å²) >= 11 is 1.53. The highest BCUT2D eigenvalue weighted by atomic mass is 32.1. The Morgan fingerprint density at radius 3 is 2.84 bits per heavy atom. The number of fused-ring (bicyclic) bond motifs is 1. The zero-order chi connectivity index (χ0) is 17.8. The fourth-order valence-corrected chi connectivity index (χ4v) is 3.26. The third-order valence-electron chi connectivity index (χ3n) is 3.69. The van der Waals surface area contributed by atoms with Crippen LogP contribution in [0.2, 0.25) is 0 Å². The van der Waals surface area contributed by atoms with Crippen LogP contribution in [0, 0.1) is 5.82 Å². The largest absolute Gasteiger partial charge is 0.494 e. The molecule has 0 atom stereocenters. The van der Waals surface area contributed by atoms with Crippen molar-refractivity contribution in [3.8, 4) is 5.75 Å². The zero-order valence-electron chi connectivity index (χ0n) is 13.9. The van der Waals surface area contributed by atoms with E-state index >= 15 is 0 Å². The van der Waals surface area contributed by atoms with Gasteiger partial charge in [-0.25, -0.2) is 9.37 Å². The number of likely N-dealkylation sites (N-methyl/N-ethyl adjacent to an activating group) is 1. The van der Waals surface area contributed by atoms with Crippen molar-refractivity contribution < 1.29 is 13.9 Å².